The van der Waals surface area contributed by atoms with Crippen molar-refractivity contribution in [1.82, 2.24) is 9.97 Å². The average Bonchev–Trinajstić information content (AvgIpc) is 3.07. The zero-order valence-electron chi connectivity index (χ0n) is 14.5. The number of halogens is 1. The van der Waals surface area contributed by atoms with Crippen molar-refractivity contribution in [3.8, 4) is 28.4 Å². The van der Waals surface area contributed by atoms with Gasteiger partial charge in [-0.3, -0.25) is 4.79 Å². The number of fused-ring (bicyclic) bond motifs is 1. The Balaban J connectivity index is 1.99. The van der Waals surface area contributed by atoms with Crippen LogP contribution in [0.25, 0.3) is 33.5 Å². The normalized spacial score (nSPS) is 11.0. The maximum absolute atomic E-state index is 13.7. The smallest absolute Gasteiger partial charge is 0.249 e. The van der Waals surface area contributed by atoms with Gasteiger partial charge in [-0.2, -0.15) is 0 Å². The number of para-hydroxylation sites is 1. The lowest BCUT2D eigenvalue weighted by molar-refractivity contribution is 0.0999. The highest BCUT2D eigenvalue weighted by Gasteiger charge is 2.18. The average molecular weight is 361 g/mol. The molecular weight excluding hydrogens is 345 g/mol. The molecule has 0 bridgehead atoms. The van der Waals surface area contributed by atoms with Crippen LogP contribution in [0, 0.1) is 12.7 Å². The van der Waals surface area contributed by atoms with Gasteiger partial charge < -0.3 is 15.8 Å². The summed E-state index contributed by atoms with van der Waals surface area (Å²) in [4.78, 5) is 19.8. The molecule has 0 saturated heterocycles. The molecule has 0 aliphatic carbocycles. The van der Waals surface area contributed by atoms with Gasteiger partial charge in [-0.05, 0) is 48.9 Å². The summed E-state index contributed by atoms with van der Waals surface area (Å²) in [5, 5.41) is 11.1. The van der Waals surface area contributed by atoms with Crippen LogP contribution in [0.5, 0.6) is 5.75 Å². The Morgan fingerprint density at radius 2 is 1.93 bits per heavy atom. The van der Waals surface area contributed by atoms with E-state index in [0.717, 1.165) is 17.0 Å². The minimum atomic E-state index is -0.621. The third-order valence-electron chi connectivity index (χ3n) is 4.56. The first-order valence-corrected chi connectivity index (χ1v) is 8.32. The molecule has 0 aliphatic rings. The number of nitrogens with one attached hydrogen (secondary N) is 1. The summed E-state index contributed by atoms with van der Waals surface area (Å²) >= 11 is 0. The van der Waals surface area contributed by atoms with Gasteiger partial charge in [0.25, 0.3) is 0 Å². The Kier molecular flexibility index (Phi) is 3.88. The van der Waals surface area contributed by atoms with Gasteiger partial charge in [-0.15, -0.1) is 0 Å². The number of phenols is 1. The summed E-state index contributed by atoms with van der Waals surface area (Å²) in [6.45, 7) is 1.75. The molecule has 2 aromatic heterocycles. The number of phenolic OH excluding ortho intramolecular Hbond substituents is 1. The fraction of sp³-hybridized carbons (Fsp3) is 0.0476. The highest BCUT2D eigenvalue weighted by molar-refractivity contribution is 5.98. The number of pyridine rings is 1. The van der Waals surface area contributed by atoms with E-state index >= 15 is 0 Å². The van der Waals surface area contributed by atoms with Crippen LogP contribution in [-0.2, 0) is 0 Å². The van der Waals surface area contributed by atoms with Crippen molar-refractivity contribution in [2.24, 2.45) is 5.73 Å². The predicted octanol–water partition coefficient (Wildman–Crippen LogP) is 4.15. The number of nitrogens with zero attached hydrogens (tertiary/aromatic N) is 1. The Hall–Kier alpha value is -3.67. The number of amides is 1. The molecule has 4 N–H and O–H groups in total. The molecule has 0 spiro atoms. The van der Waals surface area contributed by atoms with E-state index in [1.165, 1.54) is 18.2 Å². The van der Waals surface area contributed by atoms with Crippen LogP contribution in [0.4, 0.5) is 4.39 Å². The van der Waals surface area contributed by atoms with Crippen LogP contribution in [0.15, 0.2) is 54.6 Å². The number of primary amides is 1. The molecule has 1 amide bonds. The first-order valence-electron chi connectivity index (χ1n) is 8.32. The summed E-state index contributed by atoms with van der Waals surface area (Å²) in [5.41, 5.74) is 9.00. The van der Waals surface area contributed by atoms with Crippen LogP contribution in [0.2, 0.25) is 0 Å². The van der Waals surface area contributed by atoms with Crippen LogP contribution in [0.3, 0.4) is 0 Å². The van der Waals surface area contributed by atoms with E-state index in [0.29, 0.717) is 17.0 Å². The molecule has 4 rings (SSSR count). The minimum absolute atomic E-state index is 0.134. The van der Waals surface area contributed by atoms with E-state index in [1.54, 1.807) is 6.92 Å². The number of rotatable bonds is 3. The predicted molar refractivity (Wildman–Crippen MR) is 102 cm³/mol. The molecule has 2 heterocycles. The number of aromatic hydroxyl groups is 1. The number of nitrogens with two attached hydrogens (primary N) is 1. The number of aromatic amines is 1. The number of aromatic nitrogens is 2. The van der Waals surface area contributed by atoms with Crippen molar-refractivity contribution in [2.75, 3.05) is 0 Å². The van der Waals surface area contributed by atoms with E-state index < -0.39 is 11.7 Å². The summed E-state index contributed by atoms with van der Waals surface area (Å²) in [6, 6.07) is 14.7. The van der Waals surface area contributed by atoms with Crippen molar-refractivity contribution in [3.05, 3.63) is 71.5 Å². The van der Waals surface area contributed by atoms with Crippen molar-refractivity contribution in [2.45, 2.75) is 6.92 Å². The third kappa shape index (κ3) is 2.91. The zero-order valence-corrected chi connectivity index (χ0v) is 14.5. The second kappa shape index (κ2) is 6.25. The maximum Gasteiger partial charge on any atom is 0.249 e. The van der Waals surface area contributed by atoms with E-state index in [-0.39, 0.29) is 22.6 Å². The fourth-order valence-corrected chi connectivity index (χ4v) is 3.18. The standard InChI is InChI=1S/C21H16FN3O2/c1-11-14(21(23)27)10-17(15-9-13(22)6-7-19(15)26)25-20(11)18-8-12-4-2-3-5-16(12)24-18/h2-10,24,26H,1H3,(H2,23,27). The lowest BCUT2D eigenvalue weighted by Crippen LogP contribution is -2.14. The van der Waals surface area contributed by atoms with Crippen LogP contribution < -0.4 is 5.73 Å². The van der Waals surface area contributed by atoms with Gasteiger partial charge in [0.15, 0.2) is 0 Å². The molecule has 0 aliphatic heterocycles. The minimum Gasteiger partial charge on any atom is -0.507 e. The molecule has 27 heavy (non-hydrogen) atoms. The van der Waals surface area contributed by atoms with Gasteiger partial charge in [-0.1, -0.05) is 18.2 Å². The molecule has 0 saturated carbocycles. The number of hydrogen-bond donors (Lipinski definition) is 3. The van der Waals surface area contributed by atoms with Gasteiger partial charge in [0.2, 0.25) is 5.91 Å². The zero-order chi connectivity index (χ0) is 19.1. The molecule has 0 fully saturated rings. The van der Waals surface area contributed by atoms with E-state index in [2.05, 4.69) is 9.97 Å². The first-order chi connectivity index (χ1) is 12.9. The van der Waals surface area contributed by atoms with Gasteiger partial charge in [0, 0.05) is 22.0 Å². The topological polar surface area (TPSA) is 92.0 Å². The second-order valence-corrected chi connectivity index (χ2v) is 6.32. The Labute approximate surface area is 154 Å². The van der Waals surface area contributed by atoms with Gasteiger partial charge in [-0.25, -0.2) is 9.37 Å². The van der Waals surface area contributed by atoms with Gasteiger partial charge in [0.05, 0.1) is 17.1 Å². The largest absolute Gasteiger partial charge is 0.507 e. The summed E-state index contributed by atoms with van der Waals surface area (Å²) < 4.78 is 13.7. The summed E-state index contributed by atoms with van der Waals surface area (Å²) in [5.74, 6) is -1.27. The number of hydrogen-bond acceptors (Lipinski definition) is 3. The molecule has 5 nitrogen and oxygen atoms in total. The molecule has 134 valence electrons. The van der Waals surface area contributed by atoms with E-state index in [4.69, 9.17) is 5.73 Å². The highest BCUT2D eigenvalue weighted by atomic mass is 19.1. The fourth-order valence-electron chi connectivity index (χ4n) is 3.18. The Morgan fingerprint density at radius 3 is 2.67 bits per heavy atom. The highest BCUT2D eigenvalue weighted by Crippen LogP contribution is 2.34. The number of benzene rings is 2. The monoisotopic (exact) mass is 361 g/mol. The molecule has 6 heteroatoms. The quantitative estimate of drug-likeness (QED) is 0.512. The lowest BCUT2D eigenvalue weighted by Gasteiger charge is -2.12. The Bertz CT molecular complexity index is 1160. The maximum atomic E-state index is 13.7. The summed E-state index contributed by atoms with van der Waals surface area (Å²) in [6.07, 6.45) is 0. The van der Waals surface area contributed by atoms with Crippen LogP contribution >= 0.6 is 0 Å². The van der Waals surface area contributed by atoms with Crippen molar-refractivity contribution in [1.29, 1.82) is 0 Å². The number of H-pyrrole nitrogens is 1. The van der Waals surface area contributed by atoms with Gasteiger partial charge in [0.1, 0.15) is 11.6 Å². The molecule has 0 radical (unpaired) electrons. The van der Waals surface area contributed by atoms with Crippen molar-refractivity contribution >= 4 is 16.8 Å². The van der Waals surface area contributed by atoms with E-state index in [1.807, 2.05) is 30.3 Å². The SMILES string of the molecule is Cc1c(C(N)=O)cc(-c2cc(F)ccc2O)nc1-c1cc2ccccc2[nH]1. The van der Waals surface area contributed by atoms with Gasteiger partial charge >= 0.3 is 0 Å². The van der Waals surface area contributed by atoms with Crippen LogP contribution in [-0.4, -0.2) is 21.0 Å². The molecular formula is C21H16FN3O2. The number of carbonyl (C=O) groups excluding carboxylic acids is 1. The van der Waals surface area contributed by atoms with E-state index in [9.17, 15) is 14.3 Å². The Morgan fingerprint density at radius 1 is 1.15 bits per heavy atom. The summed E-state index contributed by atoms with van der Waals surface area (Å²) in [7, 11) is 0. The van der Waals surface area contributed by atoms with Crippen molar-refractivity contribution < 1.29 is 14.3 Å². The molecule has 0 atom stereocenters. The third-order valence-corrected chi connectivity index (χ3v) is 4.56. The first kappa shape index (κ1) is 16.8. The van der Waals surface area contributed by atoms with Crippen molar-refractivity contribution in [3.63, 3.8) is 0 Å². The molecule has 0 unspecified atom stereocenters. The second-order valence-electron chi connectivity index (χ2n) is 6.32. The molecule has 4 aromatic rings. The lowest BCUT2D eigenvalue weighted by atomic mass is 10.0. The molecule has 2 aromatic carbocycles. The number of carbonyl (C=O) groups is 1. The van der Waals surface area contributed by atoms with Crippen LogP contribution in [0.1, 0.15) is 15.9 Å².